The summed E-state index contributed by atoms with van der Waals surface area (Å²) in [5.41, 5.74) is 0.981. The number of halogens is 3. The van der Waals surface area contributed by atoms with Gasteiger partial charge in [-0.2, -0.15) is 13.2 Å². The maximum atomic E-state index is 12.5. The van der Waals surface area contributed by atoms with Crippen LogP contribution in [0, 0.1) is 0 Å². The van der Waals surface area contributed by atoms with Gasteiger partial charge in [-0.25, -0.2) is 4.79 Å². The Morgan fingerprint density at radius 3 is 2.39 bits per heavy atom. The summed E-state index contributed by atoms with van der Waals surface area (Å²) in [6.07, 6.45) is -4.82. The SMILES string of the molecule is CC(NC(=O)c1ccc(C(=O)C(F)(F)F)s1)c1cn(C(=O)O)c2ccccc12. The van der Waals surface area contributed by atoms with E-state index >= 15 is 0 Å². The first-order valence-electron chi connectivity index (χ1n) is 7.95. The van der Waals surface area contributed by atoms with Crippen molar-refractivity contribution in [3.63, 3.8) is 0 Å². The van der Waals surface area contributed by atoms with Crippen LogP contribution < -0.4 is 5.32 Å². The van der Waals surface area contributed by atoms with Crippen molar-refractivity contribution in [2.75, 3.05) is 0 Å². The second-order valence-corrected chi connectivity index (χ2v) is 7.02. The molecular formula is C18H13F3N2O4S. The van der Waals surface area contributed by atoms with E-state index in [0.29, 0.717) is 27.8 Å². The Balaban J connectivity index is 1.84. The Kier molecular flexibility index (Phi) is 4.99. The van der Waals surface area contributed by atoms with E-state index in [1.165, 1.54) is 6.20 Å². The van der Waals surface area contributed by atoms with Gasteiger partial charge in [0.15, 0.2) is 0 Å². The van der Waals surface area contributed by atoms with Crippen molar-refractivity contribution in [2.45, 2.75) is 19.1 Å². The number of nitrogens with zero attached hydrogens (tertiary/aromatic N) is 1. The summed E-state index contributed by atoms with van der Waals surface area (Å²) in [6, 6.07) is 8.21. The zero-order valence-corrected chi connectivity index (χ0v) is 15.1. The van der Waals surface area contributed by atoms with Gasteiger partial charge in [-0.15, -0.1) is 11.3 Å². The van der Waals surface area contributed by atoms with Gasteiger partial charge in [0, 0.05) is 17.1 Å². The number of rotatable bonds is 4. The molecule has 3 aromatic rings. The van der Waals surface area contributed by atoms with Crippen molar-refractivity contribution in [1.29, 1.82) is 0 Å². The van der Waals surface area contributed by atoms with E-state index in [1.54, 1.807) is 31.2 Å². The average molecular weight is 410 g/mol. The van der Waals surface area contributed by atoms with Gasteiger partial charge in [-0.1, -0.05) is 18.2 Å². The summed E-state index contributed by atoms with van der Waals surface area (Å²) in [5, 5.41) is 12.6. The Morgan fingerprint density at radius 1 is 1.11 bits per heavy atom. The topological polar surface area (TPSA) is 88.4 Å². The summed E-state index contributed by atoms with van der Waals surface area (Å²) in [6.45, 7) is 1.63. The molecule has 6 nitrogen and oxygen atoms in total. The molecule has 1 aromatic carbocycles. The molecule has 0 saturated carbocycles. The number of nitrogens with one attached hydrogen (secondary N) is 1. The number of amides is 1. The molecule has 2 N–H and O–H groups in total. The molecule has 0 aliphatic rings. The molecule has 0 saturated heterocycles. The third kappa shape index (κ3) is 3.63. The van der Waals surface area contributed by atoms with Gasteiger partial charge in [-0.3, -0.25) is 14.2 Å². The minimum Gasteiger partial charge on any atom is -0.464 e. The van der Waals surface area contributed by atoms with Crippen LogP contribution in [0.25, 0.3) is 10.9 Å². The third-order valence-corrected chi connectivity index (χ3v) is 5.16. The van der Waals surface area contributed by atoms with Crippen LogP contribution in [0.1, 0.15) is 37.9 Å². The molecule has 0 aliphatic carbocycles. The van der Waals surface area contributed by atoms with E-state index in [9.17, 15) is 32.7 Å². The lowest BCUT2D eigenvalue weighted by Gasteiger charge is -2.12. The van der Waals surface area contributed by atoms with Crippen LogP contribution in [0.4, 0.5) is 18.0 Å². The molecule has 0 bridgehead atoms. The maximum Gasteiger partial charge on any atom is 0.455 e. The standard InChI is InChI=1S/C18H13F3N2O4S/c1-9(11-8-23(17(26)27)12-5-3-2-4-10(11)12)22-16(25)14-7-6-13(28-14)15(24)18(19,20)21/h2-9H,1H3,(H,22,25)(H,26,27). The number of hydrogen-bond donors (Lipinski definition) is 2. The predicted molar refractivity (Wildman–Crippen MR) is 95.9 cm³/mol. The number of benzene rings is 1. The molecule has 3 rings (SSSR count). The first-order valence-corrected chi connectivity index (χ1v) is 8.76. The number of ketones is 1. The van der Waals surface area contributed by atoms with Gasteiger partial charge in [0.05, 0.1) is 21.3 Å². The monoisotopic (exact) mass is 410 g/mol. The maximum absolute atomic E-state index is 12.5. The van der Waals surface area contributed by atoms with Crippen LogP contribution in [0.5, 0.6) is 0 Å². The van der Waals surface area contributed by atoms with Gasteiger partial charge in [0.25, 0.3) is 11.7 Å². The molecule has 1 unspecified atom stereocenters. The molecule has 0 aliphatic heterocycles. The molecule has 28 heavy (non-hydrogen) atoms. The van der Waals surface area contributed by atoms with Crippen LogP contribution in [0.3, 0.4) is 0 Å². The molecule has 0 radical (unpaired) electrons. The summed E-state index contributed by atoms with van der Waals surface area (Å²) < 4.78 is 38.5. The van der Waals surface area contributed by atoms with Crippen LogP contribution in [-0.4, -0.2) is 33.6 Å². The largest absolute Gasteiger partial charge is 0.464 e. The van der Waals surface area contributed by atoms with Gasteiger partial charge in [-0.05, 0) is 25.1 Å². The number of fused-ring (bicyclic) bond motifs is 1. The lowest BCUT2D eigenvalue weighted by atomic mass is 10.1. The van der Waals surface area contributed by atoms with E-state index < -0.39 is 34.9 Å². The highest BCUT2D eigenvalue weighted by Gasteiger charge is 2.40. The van der Waals surface area contributed by atoms with E-state index in [1.807, 2.05) is 0 Å². The second kappa shape index (κ2) is 7.12. The fourth-order valence-corrected chi connectivity index (χ4v) is 3.65. The number of aromatic nitrogens is 1. The van der Waals surface area contributed by atoms with Crippen molar-refractivity contribution in [2.24, 2.45) is 0 Å². The summed E-state index contributed by atoms with van der Waals surface area (Å²) in [4.78, 5) is 34.4. The molecular weight excluding hydrogens is 397 g/mol. The Morgan fingerprint density at radius 2 is 1.75 bits per heavy atom. The second-order valence-electron chi connectivity index (χ2n) is 5.94. The van der Waals surface area contributed by atoms with E-state index in [0.717, 1.165) is 16.7 Å². The Bertz CT molecular complexity index is 1080. The molecule has 1 atom stereocenters. The highest BCUT2D eigenvalue weighted by molar-refractivity contribution is 7.16. The molecule has 2 aromatic heterocycles. The van der Waals surface area contributed by atoms with Gasteiger partial charge in [0.1, 0.15) is 0 Å². The fourth-order valence-electron chi connectivity index (χ4n) is 2.78. The average Bonchev–Trinajstić information content (AvgIpc) is 3.25. The quantitative estimate of drug-likeness (QED) is 0.622. The minimum atomic E-state index is -5.01. The van der Waals surface area contributed by atoms with Crippen LogP contribution in [0.15, 0.2) is 42.6 Å². The number of alkyl halides is 3. The summed E-state index contributed by atoms with van der Waals surface area (Å²) in [5.74, 6) is -2.67. The number of carbonyl (C=O) groups excluding carboxylic acids is 2. The Hall–Kier alpha value is -3.14. The Labute approximate surface area is 160 Å². The van der Waals surface area contributed by atoms with Gasteiger partial charge < -0.3 is 10.4 Å². The highest BCUT2D eigenvalue weighted by Crippen LogP contribution is 2.29. The predicted octanol–water partition coefficient (Wildman–Crippen LogP) is 4.46. The van der Waals surface area contributed by atoms with Crippen LogP contribution in [-0.2, 0) is 0 Å². The van der Waals surface area contributed by atoms with Gasteiger partial charge in [0.2, 0.25) is 0 Å². The third-order valence-electron chi connectivity index (χ3n) is 4.07. The van der Waals surface area contributed by atoms with Crippen molar-refractivity contribution in [3.05, 3.63) is 57.9 Å². The van der Waals surface area contributed by atoms with Gasteiger partial charge >= 0.3 is 12.3 Å². The molecule has 1 amide bonds. The van der Waals surface area contributed by atoms with E-state index in [-0.39, 0.29) is 4.88 Å². The minimum absolute atomic E-state index is 0.0542. The van der Waals surface area contributed by atoms with Crippen LogP contribution in [0.2, 0.25) is 0 Å². The zero-order chi connectivity index (χ0) is 20.6. The first-order chi connectivity index (χ1) is 13.1. The van der Waals surface area contributed by atoms with E-state index in [4.69, 9.17) is 0 Å². The zero-order valence-electron chi connectivity index (χ0n) is 14.3. The normalized spacial score (nSPS) is 12.7. The number of carbonyl (C=O) groups is 3. The van der Waals surface area contributed by atoms with Crippen LogP contribution >= 0.6 is 11.3 Å². The number of Topliss-reactive ketones (excluding diaryl/α,β-unsaturated/α-hetero) is 1. The molecule has 0 spiro atoms. The molecule has 0 fully saturated rings. The van der Waals surface area contributed by atoms with E-state index in [2.05, 4.69) is 5.32 Å². The van der Waals surface area contributed by atoms with Crippen molar-refractivity contribution in [3.8, 4) is 0 Å². The summed E-state index contributed by atoms with van der Waals surface area (Å²) >= 11 is 0.446. The van der Waals surface area contributed by atoms with Crippen molar-refractivity contribution in [1.82, 2.24) is 9.88 Å². The molecule has 146 valence electrons. The van der Waals surface area contributed by atoms with Crippen molar-refractivity contribution < 1.29 is 32.7 Å². The number of thiophene rings is 1. The number of carboxylic acid groups (broad SMARTS) is 1. The molecule has 2 heterocycles. The molecule has 10 heteroatoms. The smallest absolute Gasteiger partial charge is 0.455 e. The lowest BCUT2D eigenvalue weighted by Crippen LogP contribution is -2.26. The number of para-hydroxylation sites is 1. The summed E-state index contributed by atoms with van der Waals surface area (Å²) in [7, 11) is 0. The van der Waals surface area contributed by atoms with Crippen molar-refractivity contribution >= 4 is 40.0 Å². The lowest BCUT2D eigenvalue weighted by molar-refractivity contribution is -0.0882. The number of hydrogen-bond acceptors (Lipinski definition) is 4. The first kappa shape index (κ1) is 19.6. The fraction of sp³-hybridized carbons (Fsp3) is 0.167. The highest BCUT2D eigenvalue weighted by atomic mass is 32.1.